The highest BCUT2D eigenvalue weighted by molar-refractivity contribution is 7.13. The second kappa shape index (κ2) is 10.3. The molecule has 0 radical (unpaired) electrons. The van der Waals surface area contributed by atoms with Crippen LogP contribution in [0.25, 0.3) is 0 Å². The molecule has 0 atom stereocenters. The Morgan fingerprint density at radius 2 is 1.84 bits per heavy atom. The number of thiazole rings is 1. The summed E-state index contributed by atoms with van der Waals surface area (Å²) in [6.45, 7) is 1.44. The van der Waals surface area contributed by atoms with Gasteiger partial charge in [0.05, 0.1) is 0 Å². The molecule has 1 saturated heterocycles. The van der Waals surface area contributed by atoms with E-state index in [2.05, 4.69) is 10.3 Å². The lowest BCUT2D eigenvalue weighted by atomic mass is 9.69. The lowest BCUT2D eigenvalue weighted by Crippen LogP contribution is -2.44. The van der Waals surface area contributed by atoms with E-state index in [4.69, 9.17) is 4.74 Å². The highest BCUT2D eigenvalue weighted by atomic mass is 32.1. The summed E-state index contributed by atoms with van der Waals surface area (Å²) in [5, 5.41) is 5.38. The molecule has 2 aromatic rings. The molecule has 2 fully saturated rings. The Bertz CT molecular complexity index is 842. The number of aromatic nitrogens is 1. The number of carbonyl (C=O) groups is 2. The number of nitrogens with zero attached hydrogens (tertiary/aromatic N) is 2. The second-order valence-electron chi connectivity index (χ2n) is 8.81. The Morgan fingerprint density at radius 1 is 1.10 bits per heavy atom. The van der Waals surface area contributed by atoms with Crippen LogP contribution in [0, 0.1) is 5.41 Å². The van der Waals surface area contributed by atoms with Crippen molar-refractivity contribution in [3.63, 3.8) is 0 Å². The standard InChI is InChI=1S/C24H31N3O3S/c28-21(26-23-25-13-16-31-23)17-24(11-5-2-6-12-24)18-22(29)27-14-9-20(10-15-27)30-19-7-3-1-4-8-19/h1,3-4,7-8,13,16,20H,2,5-6,9-12,14-15,17-18H2,(H,25,26,28). The average molecular weight is 442 g/mol. The first-order valence-corrected chi connectivity index (χ1v) is 12.2. The molecule has 1 aromatic carbocycles. The molecule has 7 heteroatoms. The van der Waals surface area contributed by atoms with Gasteiger partial charge in [0, 0.05) is 50.3 Å². The Hall–Kier alpha value is -2.41. The molecule has 0 unspecified atom stereocenters. The largest absolute Gasteiger partial charge is 0.490 e. The van der Waals surface area contributed by atoms with Crippen molar-refractivity contribution >= 4 is 28.3 Å². The van der Waals surface area contributed by atoms with Crippen molar-refractivity contribution in [2.45, 2.75) is 63.9 Å². The molecular weight excluding hydrogens is 410 g/mol. The van der Waals surface area contributed by atoms with Crippen LogP contribution in [0.1, 0.15) is 57.8 Å². The minimum absolute atomic E-state index is 0.0281. The van der Waals surface area contributed by atoms with Crippen molar-refractivity contribution in [3.05, 3.63) is 41.9 Å². The molecular formula is C24H31N3O3S. The molecule has 2 amide bonds. The molecule has 0 spiro atoms. The van der Waals surface area contributed by atoms with Gasteiger partial charge in [-0.1, -0.05) is 37.5 Å². The lowest BCUT2D eigenvalue weighted by molar-refractivity contribution is -0.136. The van der Waals surface area contributed by atoms with E-state index in [-0.39, 0.29) is 23.3 Å². The predicted molar refractivity (Wildman–Crippen MR) is 122 cm³/mol. The van der Waals surface area contributed by atoms with E-state index < -0.39 is 0 Å². The Morgan fingerprint density at radius 3 is 2.52 bits per heavy atom. The summed E-state index contributed by atoms with van der Waals surface area (Å²) in [6.07, 6.45) is 9.63. The topological polar surface area (TPSA) is 71.5 Å². The number of ether oxygens (including phenoxy) is 1. The normalized spacial score (nSPS) is 19.0. The van der Waals surface area contributed by atoms with Crippen molar-refractivity contribution in [1.29, 1.82) is 0 Å². The van der Waals surface area contributed by atoms with Crippen LogP contribution in [0.2, 0.25) is 0 Å². The van der Waals surface area contributed by atoms with Gasteiger partial charge in [-0.05, 0) is 30.4 Å². The molecule has 1 saturated carbocycles. The van der Waals surface area contributed by atoms with Gasteiger partial charge in [-0.2, -0.15) is 0 Å². The van der Waals surface area contributed by atoms with E-state index in [1.165, 1.54) is 17.8 Å². The first-order valence-electron chi connectivity index (χ1n) is 11.3. The van der Waals surface area contributed by atoms with Gasteiger partial charge in [0.25, 0.3) is 0 Å². The number of amides is 2. The molecule has 31 heavy (non-hydrogen) atoms. The maximum atomic E-state index is 13.2. The van der Waals surface area contributed by atoms with E-state index in [0.29, 0.717) is 18.0 Å². The summed E-state index contributed by atoms with van der Waals surface area (Å²) in [4.78, 5) is 32.0. The summed E-state index contributed by atoms with van der Waals surface area (Å²) in [5.41, 5.74) is -0.228. The number of anilines is 1. The fraction of sp³-hybridized carbons (Fsp3) is 0.542. The Kier molecular flexibility index (Phi) is 7.22. The molecule has 6 nitrogen and oxygen atoms in total. The van der Waals surface area contributed by atoms with Gasteiger partial charge in [0.1, 0.15) is 11.9 Å². The quantitative estimate of drug-likeness (QED) is 0.665. The molecule has 166 valence electrons. The van der Waals surface area contributed by atoms with Gasteiger partial charge >= 0.3 is 0 Å². The highest BCUT2D eigenvalue weighted by Crippen LogP contribution is 2.43. The zero-order valence-electron chi connectivity index (χ0n) is 17.9. The number of hydrogen-bond acceptors (Lipinski definition) is 5. The van der Waals surface area contributed by atoms with E-state index in [1.54, 1.807) is 6.20 Å². The van der Waals surface area contributed by atoms with E-state index in [0.717, 1.165) is 57.4 Å². The Balaban J connectivity index is 1.31. The van der Waals surface area contributed by atoms with Gasteiger partial charge in [-0.15, -0.1) is 11.3 Å². The van der Waals surface area contributed by atoms with Crippen molar-refractivity contribution in [2.75, 3.05) is 18.4 Å². The summed E-state index contributed by atoms with van der Waals surface area (Å²) in [7, 11) is 0. The molecule has 2 aliphatic rings. The first kappa shape index (κ1) is 21.8. The third kappa shape index (κ3) is 6.06. The van der Waals surface area contributed by atoms with Gasteiger partial charge in [-0.3, -0.25) is 9.59 Å². The molecule has 1 aliphatic carbocycles. The van der Waals surface area contributed by atoms with E-state index in [9.17, 15) is 9.59 Å². The van der Waals surface area contributed by atoms with Crippen LogP contribution < -0.4 is 10.1 Å². The number of para-hydroxylation sites is 1. The fourth-order valence-electron chi connectivity index (χ4n) is 4.85. The van der Waals surface area contributed by atoms with Crippen LogP contribution in [0.4, 0.5) is 5.13 Å². The molecule has 1 aromatic heterocycles. The van der Waals surface area contributed by atoms with Gasteiger partial charge < -0.3 is 15.0 Å². The van der Waals surface area contributed by atoms with Gasteiger partial charge in [0.15, 0.2) is 5.13 Å². The van der Waals surface area contributed by atoms with Crippen LogP contribution in [0.15, 0.2) is 41.9 Å². The number of nitrogens with one attached hydrogen (secondary N) is 1. The molecule has 2 heterocycles. The predicted octanol–water partition coefficient (Wildman–Crippen LogP) is 4.88. The van der Waals surface area contributed by atoms with Crippen molar-refractivity contribution in [1.82, 2.24) is 9.88 Å². The number of hydrogen-bond donors (Lipinski definition) is 1. The van der Waals surface area contributed by atoms with Crippen LogP contribution >= 0.6 is 11.3 Å². The monoisotopic (exact) mass is 441 g/mol. The zero-order chi connectivity index (χ0) is 21.5. The second-order valence-corrected chi connectivity index (χ2v) is 9.71. The average Bonchev–Trinajstić information content (AvgIpc) is 3.28. The molecule has 0 bridgehead atoms. The summed E-state index contributed by atoms with van der Waals surface area (Å²) in [6, 6.07) is 9.87. The number of likely N-dealkylation sites (tertiary alicyclic amines) is 1. The maximum Gasteiger partial charge on any atom is 0.226 e. The van der Waals surface area contributed by atoms with Gasteiger partial charge in [-0.25, -0.2) is 4.98 Å². The van der Waals surface area contributed by atoms with Crippen LogP contribution in [0.5, 0.6) is 5.75 Å². The molecule has 1 N–H and O–H groups in total. The van der Waals surface area contributed by atoms with E-state index in [1.807, 2.05) is 40.6 Å². The highest BCUT2D eigenvalue weighted by Gasteiger charge is 2.38. The van der Waals surface area contributed by atoms with Crippen molar-refractivity contribution in [3.8, 4) is 5.75 Å². The van der Waals surface area contributed by atoms with Crippen LogP contribution in [-0.4, -0.2) is 40.9 Å². The zero-order valence-corrected chi connectivity index (χ0v) is 18.7. The van der Waals surface area contributed by atoms with Crippen molar-refractivity contribution < 1.29 is 14.3 Å². The smallest absolute Gasteiger partial charge is 0.226 e. The lowest BCUT2D eigenvalue weighted by Gasteiger charge is -2.39. The SMILES string of the molecule is O=C(CC1(CC(=O)N2CCC(Oc3ccccc3)CC2)CCCCC1)Nc1nccs1. The van der Waals surface area contributed by atoms with E-state index >= 15 is 0 Å². The summed E-state index contributed by atoms with van der Waals surface area (Å²) >= 11 is 1.42. The van der Waals surface area contributed by atoms with Gasteiger partial charge in [0.2, 0.25) is 11.8 Å². The van der Waals surface area contributed by atoms with Crippen molar-refractivity contribution in [2.24, 2.45) is 5.41 Å². The van der Waals surface area contributed by atoms with Crippen LogP contribution in [0.3, 0.4) is 0 Å². The van der Waals surface area contributed by atoms with Crippen LogP contribution in [-0.2, 0) is 9.59 Å². The number of carbonyl (C=O) groups excluding carboxylic acids is 2. The fourth-order valence-corrected chi connectivity index (χ4v) is 5.40. The first-order chi connectivity index (χ1) is 15.1. The Labute approximate surface area is 188 Å². The number of piperidine rings is 1. The minimum atomic E-state index is -0.228. The summed E-state index contributed by atoms with van der Waals surface area (Å²) in [5.74, 6) is 1.04. The number of benzene rings is 1. The third-order valence-electron chi connectivity index (χ3n) is 6.50. The minimum Gasteiger partial charge on any atom is -0.490 e. The third-order valence-corrected chi connectivity index (χ3v) is 7.18. The molecule has 1 aliphatic heterocycles. The summed E-state index contributed by atoms with van der Waals surface area (Å²) < 4.78 is 6.06. The number of rotatable bonds is 7. The maximum absolute atomic E-state index is 13.2. The molecule has 4 rings (SSSR count).